The fraction of sp³-hybridized carbons (Fsp3) is 0.560. The van der Waals surface area contributed by atoms with Crippen molar-refractivity contribution in [2.75, 3.05) is 23.8 Å². The summed E-state index contributed by atoms with van der Waals surface area (Å²) in [5.41, 5.74) is 1.96. The highest BCUT2D eigenvalue weighted by Gasteiger charge is 2.24. The Morgan fingerprint density at radius 1 is 1.16 bits per heavy atom. The van der Waals surface area contributed by atoms with E-state index in [4.69, 9.17) is 4.74 Å². The molecular formula is C25H37N5O2. The molecule has 0 spiro atoms. The molecule has 1 aromatic carbocycles. The van der Waals surface area contributed by atoms with Crippen LogP contribution >= 0.6 is 0 Å². The topological polar surface area (TPSA) is 88.2 Å². The molecule has 1 amide bonds. The first-order valence-corrected chi connectivity index (χ1v) is 11.8. The maximum atomic E-state index is 13.1. The zero-order valence-corrected chi connectivity index (χ0v) is 19.6. The Hall–Kier alpha value is -2.67. The Morgan fingerprint density at radius 3 is 2.62 bits per heavy atom. The van der Waals surface area contributed by atoms with Gasteiger partial charge >= 0.3 is 0 Å². The van der Waals surface area contributed by atoms with Crippen molar-refractivity contribution >= 4 is 17.7 Å². The van der Waals surface area contributed by atoms with Crippen LogP contribution in [-0.2, 0) is 16.0 Å². The lowest BCUT2D eigenvalue weighted by molar-refractivity contribution is -0.122. The molecule has 2 aromatic rings. The minimum Gasteiger partial charge on any atom is -0.379 e. The number of rotatable bonds is 12. The molecule has 1 atom stereocenters. The van der Waals surface area contributed by atoms with E-state index < -0.39 is 6.04 Å². The highest BCUT2D eigenvalue weighted by atomic mass is 16.5. The van der Waals surface area contributed by atoms with Gasteiger partial charge in [0.2, 0.25) is 11.9 Å². The summed E-state index contributed by atoms with van der Waals surface area (Å²) in [7, 11) is 0. The van der Waals surface area contributed by atoms with Crippen LogP contribution in [0.2, 0.25) is 0 Å². The largest absolute Gasteiger partial charge is 0.379 e. The number of hydrogen-bond donors (Lipinski definition) is 3. The number of carbonyl (C=O) groups excluding carboxylic acids is 1. The number of amides is 1. The van der Waals surface area contributed by atoms with Gasteiger partial charge in [-0.25, -0.2) is 4.98 Å². The van der Waals surface area contributed by atoms with Gasteiger partial charge in [0.1, 0.15) is 11.9 Å². The first kappa shape index (κ1) is 24.0. The Labute approximate surface area is 191 Å². The van der Waals surface area contributed by atoms with Gasteiger partial charge in [0.15, 0.2) is 0 Å². The highest BCUT2D eigenvalue weighted by Crippen LogP contribution is 2.19. The molecule has 3 rings (SSSR count). The fourth-order valence-corrected chi connectivity index (χ4v) is 3.92. The van der Waals surface area contributed by atoms with Crippen molar-refractivity contribution < 1.29 is 9.53 Å². The van der Waals surface area contributed by atoms with E-state index in [2.05, 4.69) is 38.1 Å². The van der Waals surface area contributed by atoms with Crippen LogP contribution in [0.4, 0.5) is 11.8 Å². The summed E-state index contributed by atoms with van der Waals surface area (Å²) in [4.78, 5) is 22.2. The normalized spacial score (nSPS) is 15.0. The van der Waals surface area contributed by atoms with Crippen molar-refractivity contribution in [3.8, 4) is 0 Å². The molecular weight excluding hydrogens is 402 g/mol. The van der Waals surface area contributed by atoms with E-state index in [0.717, 1.165) is 37.1 Å². The number of nitrogens with one attached hydrogen (secondary N) is 3. The van der Waals surface area contributed by atoms with Crippen LogP contribution in [0.5, 0.6) is 0 Å². The number of ether oxygens (including phenoxy) is 1. The predicted molar refractivity (Wildman–Crippen MR) is 129 cm³/mol. The quantitative estimate of drug-likeness (QED) is 0.432. The third kappa shape index (κ3) is 8.11. The van der Waals surface area contributed by atoms with Gasteiger partial charge in [-0.1, -0.05) is 43.2 Å². The smallest absolute Gasteiger partial charge is 0.243 e. The molecule has 0 unspecified atom stereocenters. The molecule has 174 valence electrons. The SMILES string of the molecule is Cc1cc(N[C@@H](Cc2ccccc2)C(=O)NC2CCCC2)nc(NCCCOC(C)C)n1. The molecule has 1 aliphatic rings. The zero-order chi connectivity index (χ0) is 22.8. The molecule has 7 heteroatoms. The Morgan fingerprint density at radius 2 is 1.91 bits per heavy atom. The number of aromatic nitrogens is 2. The molecule has 0 aliphatic heterocycles. The minimum absolute atomic E-state index is 0.0253. The number of hydrogen-bond acceptors (Lipinski definition) is 6. The summed E-state index contributed by atoms with van der Waals surface area (Å²) in [6.07, 6.45) is 6.19. The number of anilines is 2. The summed E-state index contributed by atoms with van der Waals surface area (Å²) in [6.45, 7) is 7.42. The molecule has 0 bridgehead atoms. The lowest BCUT2D eigenvalue weighted by atomic mass is 10.0. The van der Waals surface area contributed by atoms with Crippen LogP contribution in [0.1, 0.15) is 57.2 Å². The van der Waals surface area contributed by atoms with E-state index in [9.17, 15) is 4.79 Å². The second-order valence-electron chi connectivity index (χ2n) is 8.79. The average molecular weight is 440 g/mol. The van der Waals surface area contributed by atoms with Crippen molar-refractivity contribution in [1.29, 1.82) is 0 Å². The van der Waals surface area contributed by atoms with Crippen LogP contribution < -0.4 is 16.0 Å². The van der Waals surface area contributed by atoms with Crippen molar-refractivity contribution in [2.45, 2.75) is 77.5 Å². The molecule has 0 radical (unpaired) electrons. The van der Waals surface area contributed by atoms with E-state index in [-0.39, 0.29) is 18.1 Å². The standard InChI is InChI=1S/C25H37N5O2/c1-18(2)32-15-9-14-26-25-27-19(3)16-23(30-25)29-22(17-20-10-5-4-6-11-20)24(31)28-21-12-7-8-13-21/h4-6,10-11,16,18,21-22H,7-9,12-15,17H2,1-3H3,(H,28,31)(H2,26,27,29,30)/t22-/m0/s1. The molecule has 1 aromatic heterocycles. The maximum absolute atomic E-state index is 13.1. The Balaban J connectivity index is 1.65. The third-order valence-corrected chi connectivity index (χ3v) is 5.53. The Kier molecular flexibility index (Phi) is 9.28. The first-order chi connectivity index (χ1) is 15.5. The van der Waals surface area contributed by atoms with Gasteiger partial charge in [-0.2, -0.15) is 4.98 Å². The molecule has 32 heavy (non-hydrogen) atoms. The predicted octanol–water partition coefficient (Wildman–Crippen LogP) is 4.09. The fourth-order valence-electron chi connectivity index (χ4n) is 3.92. The first-order valence-electron chi connectivity index (χ1n) is 11.8. The second kappa shape index (κ2) is 12.4. The van der Waals surface area contributed by atoms with E-state index in [1.807, 2.05) is 45.0 Å². The molecule has 0 saturated heterocycles. The second-order valence-corrected chi connectivity index (χ2v) is 8.79. The Bertz CT molecular complexity index is 837. The van der Waals surface area contributed by atoms with Crippen LogP contribution in [0.3, 0.4) is 0 Å². The number of aryl methyl sites for hydroxylation is 1. The van der Waals surface area contributed by atoms with Crippen LogP contribution in [-0.4, -0.2) is 47.2 Å². The summed E-state index contributed by atoms with van der Waals surface area (Å²) in [5.74, 6) is 1.24. The number of nitrogens with zero attached hydrogens (tertiary/aromatic N) is 2. The van der Waals surface area contributed by atoms with E-state index in [0.29, 0.717) is 24.8 Å². The zero-order valence-electron chi connectivity index (χ0n) is 19.6. The molecule has 1 fully saturated rings. The van der Waals surface area contributed by atoms with Gasteiger partial charge in [-0.15, -0.1) is 0 Å². The summed E-state index contributed by atoms with van der Waals surface area (Å²) in [6, 6.07) is 11.8. The lowest BCUT2D eigenvalue weighted by Gasteiger charge is -2.22. The van der Waals surface area contributed by atoms with Gasteiger partial charge in [0.05, 0.1) is 6.10 Å². The monoisotopic (exact) mass is 439 g/mol. The minimum atomic E-state index is -0.403. The molecule has 1 aliphatic carbocycles. The van der Waals surface area contributed by atoms with Gasteiger partial charge in [-0.05, 0) is 45.6 Å². The van der Waals surface area contributed by atoms with Crippen molar-refractivity contribution in [3.63, 3.8) is 0 Å². The highest BCUT2D eigenvalue weighted by molar-refractivity contribution is 5.85. The summed E-state index contributed by atoms with van der Waals surface area (Å²) in [5, 5.41) is 9.87. The van der Waals surface area contributed by atoms with Gasteiger partial charge in [0.25, 0.3) is 0 Å². The molecule has 3 N–H and O–H groups in total. The molecule has 1 heterocycles. The average Bonchev–Trinajstić information content (AvgIpc) is 3.26. The lowest BCUT2D eigenvalue weighted by Crippen LogP contribution is -2.45. The number of carbonyl (C=O) groups is 1. The van der Waals surface area contributed by atoms with Crippen LogP contribution in [0.25, 0.3) is 0 Å². The van der Waals surface area contributed by atoms with Crippen molar-refractivity contribution in [3.05, 3.63) is 47.7 Å². The summed E-state index contributed by atoms with van der Waals surface area (Å²) >= 11 is 0. The van der Waals surface area contributed by atoms with Gasteiger partial charge in [0, 0.05) is 37.4 Å². The van der Waals surface area contributed by atoms with Crippen LogP contribution in [0, 0.1) is 6.92 Å². The van der Waals surface area contributed by atoms with Gasteiger partial charge < -0.3 is 20.7 Å². The van der Waals surface area contributed by atoms with E-state index in [1.165, 1.54) is 12.8 Å². The molecule has 1 saturated carbocycles. The number of benzene rings is 1. The van der Waals surface area contributed by atoms with Crippen LogP contribution in [0.15, 0.2) is 36.4 Å². The molecule has 7 nitrogen and oxygen atoms in total. The van der Waals surface area contributed by atoms with Crippen molar-refractivity contribution in [1.82, 2.24) is 15.3 Å². The van der Waals surface area contributed by atoms with Gasteiger partial charge in [-0.3, -0.25) is 4.79 Å². The van der Waals surface area contributed by atoms with Crippen molar-refractivity contribution in [2.24, 2.45) is 0 Å². The third-order valence-electron chi connectivity index (χ3n) is 5.53. The maximum Gasteiger partial charge on any atom is 0.243 e. The van der Waals surface area contributed by atoms with E-state index >= 15 is 0 Å². The van der Waals surface area contributed by atoms with E-state index in [1.54, 1.807) is 0 Å². The summed E-state index contributed by atoms with van der Waals surface area (Å²) < 4.78 is 5.58.